The first-order chi connectivity index (χ1) is 7.37. The Morgan fingerprint density at radius 3 is 2.69 bits per heavy atom. The van der Waals surface area contributed by atoms with Gasteiger partial charge in [-0.25, -0.2) is 4.98 Å². The third-order valence-corrected chi connectivity index (χ3v) is 3.17. The summed E-state index contributed by atoms with van der Waals surface area (Å²) < 4.78 is 6.68. The predicted molar refractivity (Wildman–Crippen MR) is 64.2 cm³/mol. The van der Waals surface area contributed by atoms with Crippen LogP contribution in [0, 0.1) is 0 Å². The molecule has 0 aliphatic rings. The Kier molecular flexibility index (Phi) is 4.35. The molecule has 16 heavy (non-hydrogen) atoms. The molecule has 0 radical (unpaired) electrons. The minimum Gasteiger partial charge on any atom is -0.379 e. The van der Waals surface area contributed by atoms with Crippen molar-refractivity contribution in [2.75, 3.05) is 7.11 Å². The van der Waals surface area contributed by atoms with Crippen LogP contribution in [-0.2, 0) is 11.3 Å². The van der Waals surface area contributed by atoms with E-state index in [1.165, 1.54) is 10.9 Å². The molecule has 0 saturated heterocycles. The van der Waals surface area contributed by atoms with Crippen molar-refractivity contribution in [1.82, 2.24) is 9.55 Å². The van der Waals surface area contributed by atoms with Gasteiger partial charge in [0.05, 0.1) is 11.9 Å². The summed E-state index contributed by atoms with van der Waals surface area (Å²) in [5.41, 5.74) is -0.612. The average Bonchev–Trinajstić information content (AvgIpc) is 2.25. The molecule has 0 saturated carbocycles. The smallest absolute Gasteiger partial charge is 0.273 e. The summed E-state index contributed by atoms with van der Waals surface area (Å²) in [6.45, 7) is 4.38. The molecule has 1 aromatic rings. The van der Waals surface area contributed by atoms with Crippen molar-refractivity contribution in [3.05, 3.63) is 26.9 Å². The van der Waals surface area contributed by atoms with Crippen LogP contribution in [0.4, 0.5) is 0 Å². The molecular formula is C10H14Cl2N2O2. The highest BCUT2D eigenvalue weighted by atomic mass is 35.5. The van der Waals surface area contributed by atoms with Gasteiger partial charge >= 0.3 is 0 Å². The molecule has 0 spiro atoms. The average molecular weight is 265 g/mol. The Labute approximate surface area is 104 Å². The fraction of sp³-hybridized carbons (Fsp3) is 0.600. The van der Waals surface area contributed by atoms with E-state index in [1.807, 2.05) is 13.8 Å². The van der Waals surface area contributed by atoms with Gasteiger partial charge in [-0.3, -0.25) is 9.36 Å². The molecule has 0 unspecified atom stereocenters. The largest absolute Gasteiger partial charge is 0.379 e. The molecular weight excluding hydrogens is 251 g/mol. The highest BCUT2D eigenvalue weighted by molar-refractivity contribution is 6.40. The van der Waals surface area contributed by atoms with E-state index in [1.54, 1.807) is 7.11 Å². The SMILES string of the molecule is COC(C)(C)CCn1cnc(Cl)c(Cl)c1=O. The van der Waals surface area contributed by atoms with Crippen LogP contribution >= 0.6 is 23.2 Å². The Morgan fingerprint density at radius 2 is 2.12 bits per heavy atom. The van der Waals surface area contributed by atoms with Crippen molar-refractivity contribution >= 4 is 23.2 Å². The summed E-state index contributed by atoms with van der Waals surface area (Å²) in [6, 6.07) is 0. The number of aryl methyl sites for hydroxylation is 1. The lowest BCUT2D eigenvalue weighted by molar-refractivity contribution is 0.0118. The van der Waals surface area contributed by atoms with Crippen molar-refractivity contribution in [3.8, 4) is 0 Å². The monoisotopic (exact) mass is 264 g/mol. The van der Waals surface area contributed by atoms with Gasteiger partial charge in [-0.05, 0) is 20.3 Å². The summed E-state index contributed by atoms with van der Waals surface area (Å²) in [4.78, 5) is 15.5. The van der Waals surface area contributed by atoms with E-state index in [9.17, 15) is 4.79 Å². The quantitative estimate of drug-likeness (QED) is 0.785. The molecule has 4 nitrogen and oxygen atoms in total. The minimum absolute atomic E-state index is 0.0360. The van der Waals surface area contributed by atoms with Crippen LogP contribution in [0.25, 0.3) is 0 Å². The third kappa shape index (κ3) is 3.20. The van der Waals surface area contributed by atoms with E-state index in [2.05, 4.69) is 4.98 Å². The summed E-state index contributed by atoms with van der Waals surface area (Å²) >= 11 is 11.3. The Morgan fingerprint density at radius 1 is 1.50 bits per heavy atom. The molecule has 0 aliphatic heterocycles. The van der Waals surface area contributed by atoms with Crippen molar-refractivity contribution in [2.24, 2.45) is 0 Å². The molecule has 0 N–H and O–H groups in total. The molecule has 0 amide bonds. The number of halogens is 2. The first-order valence-electron chi connectivity index (χ1n) is 4.83. The summed E-state index contributed by atoms with van der Waals surface area (Å²) in [7, 11) is 1.63. The summed E-state index contributed by atoms with van der Waals surface area (Å²) in [5.74, 6) is 0. The minimum atomic E-state index is -0.325. The Bertz CT molecular complexity index is 429. The zero-order valence-corrected chi connectivity index (χ0v) is 11.0. The lowest BCUT2D eigenvalue weighted by Crippen LogP contribution is -2.28. The van der Waals surface area contributed by atoms with Gasteiger partial charge in [-0.1, -0.05) is 23.2 Å². The van der Waals surface area contributed by atoms with Crippen molar-refractivity contribution < 1.29 is 4.74 Å². The maximum atomic E-state index is 11.7. The van der Waals surface area contributed by atoms with Crippen LogP contribution < -0.4 is 5.56 Å². The fourth-order valence-electron chi connectivity index (χ4n) is 1.09. The molecule has 6 heteroatoms. The van der Waals surface area contributed by atoms with Crippen LogP contribution in [0.5, 0.6) is 0 Å². The zero-order chi connectivity index (χ0) is 12.3. The van der Waals surface area contributed by atoms with E-state index in [4.69, 9.17) is 27.9 Å². The standard InChI is InChI=1S/C10H14Cl2N2O2/c1-10(2,16-3)4-5-14-6-13-8(12)7(11)9(14)15/h6H,4-5H2,1-3H3. The van der Waals surface area contributed by atoms with E-state index >= 15 is 0 Å². The molecule has 1 aromatic heterocycles. The predicted octanol–water partition coefficient (Wildman–Crippen LogP) is 2.37. The molecule has 0 aliphatic carbocycles. The number of ether oxygens (including phenoxy) is 1. The van der Waals surface area contributed by atoms with Crippen LogP contribution in [0.2, 0.25) is 10.2 Å². The van der Waals surface area contributed by atoms with Gasteiger partial charge in [0.2, 0.25) is 0 Å². The van der Waals surface area contributed by atoms with Crippen LogP contribution in [0.1, 0.15) is 20.3 Å². The first kappa shape index (κ1) is 13.5. The molecule has 90 valence electrons. The van der Waals surface area contributed by atoms with Gasteiger partial charge in [0.25, 0.3) is 5.56 Å². The topological polar surface area (TPSA) is 44.1 Å². The molecule has 1 rings (SSSR count). The number of aromatic nitrogens is 2. The van der Waals surface area contributed by atoms with E-state index in [0.29, 0.717) is 13.0 Å². The van der Waals surface area contributed by atoms with E-state index < -0.39 is 0 Å². The number of methoxy groups -OCH3 is 1. The summed E-state index contributed by atoms with van der Waals surface area (Å²) in [5, 5.41) is -0.00620. The van der Waals surface area contributed by atoms with Gasteiger partial charge in [0, 0.05) is 13.7 Å². The Hall–Kier alpha value is -0.580. The second-order valence-corrected chi connectivity index (χ2v) is 4.80. The molecule has 0 fully saturated rings. The second kappa shape index (κ2) is 5.17. The summed E-state index contributed by atoms with van der Waals surface area (Å²) in [6.07, 6.45) is 2.07. The van der Waals surface area contributed by atoms with Gasteiger partial charge in [0.15, 0.2) is 5.15 Å². The number of hydrogen-bond acceptors (Lipinski definition) is 3. The molecule has 0 atom stereocenters. The zero-order valence-electron chi connectivity index (χ0n) is 9.46. The highest BCUT2D eigenvalue weighted by Crippen LogP contribution is 2.15. The fourth-order valence-corrected chi connectivity index (χ4v) is 1.38. The number of rotatable bonds is 4. The van der Waals surface area contributed by atoms with Crippen LogP contribution in [-0.4, -0.2) is 22.3 Å². The van der Waals surface area contributed by atoms with Gasteiger partial charge < -0.3 is 4.74 Å². The second-order valence-electron chi connectivity index (χ2n) is 4.06. The number of nitrogens with zero attached hydrogens (tertiary/aromatic N) is 2. The van der Waals surface area contributed by atoms with Gasteiger partial charge in [-0.15, -0.1) is 0 Å². The van der Waals surface area contributed by atoms with Crippen molar-refractivity contribution in [2.45, 2.75) is 32.4 Å². The van der Waals surface area contributed by atoms with Gasteiger partial charge in [0.1, 0.15) is 5.02 Å². The van der Waals surface area contributed by atoms with Crippen molar-refractivity contribution in [3.63, 3.8) is 0 Å². The lowest BCUT2D eigenvalue weighted by atomic mass is 10.1. The first-order valence-corrected chi connectivity index (χ1v) is 5.58. The molecule has 0 bridgehead atoms. The third-order valence-electron chi connectivity index (χ3n) is 2.45. The normalized spacial score (nSPS) is 11.8. The maximum absolute atomic E-state index is 11.7. The van der Waals surface area contributed by atoms with E-state index in [0.717, 1.165) is 0 Å². The highest BCUT2D eigenvalue weighted by Gasteiger charge is 2.17. The maximum Gasteiger partial charge on any atom is 0.273 e. The molecule has 0 aromatic carbocycles. The van der Waals surface area contributed by atoms with E-state index in [-0.39, 0.29) is 21.3 Å². The molecule has 1 heterocycles. The van der Waals surface area contributed by atoms with Crippen molar-refractivity contribution in [1.29, 1.82) is 0 Å². The number of hydrogen-bond donors (Lipinski definition) is 0. The lowest BCUT2D eigenvalue weighted by Gasteiger charge is -2.22. The van der Waals surface area contributed by atoms with Gasteiger partial charge in [-0.2, -0.15) is 0 Å². The Balaban J connectivity index is 2.84. The van der Waals surface area contributed by atoms with Crippen LogP contribution in [0.3, 0.4) is 0 Å². The van der Waals surface area contributed by atoms with Crippen LogP contribution in [0.15, 0.2) is 11.1 Å².